The van der Waals surface area contributed by atoms with Crippen LogP contribution < -0.4 is 11.2 Å². The van der Waals surface area contributed by atoms with Gasteiger partial charge in [-0.25, -0.2) is 9.59 Å². The maximum atomic E-state index is 12.7. The zero-order valence-corrected chi connectivity index (χ0v) is 13.4. The van der Waals surface area contributed by atoms with E-state index in [1.165, 1.54) is 15.3 Å². The highest BCUT2D eigenvalue weighted by atomic mass is 16.4. The second kappa shape index (κ2) is 6.50. The van der Waals surface area contributed by atoms with E-state index in [1.807, 2.05) is 13.8 Å². The SMILES string of the molecule is CCC(C)n1cc(C(=O)O)c(=O)n(C2CCC(C)CC2)c1=O. The lowest BCUT2D eigenvalue weighted by molar-refractivity contribution is 0.0691. The minimum atomic E-state index is -1.28. The van der Waals surface area contributed by atoms with Gasteiger partial charge < -0.3 is 5.11 Å². The van der Waals surface area contributed by atoms with Crippen LogP contribution in [0, 0.1) is 5.92 Å². The molecular formula is C16H24N2O4. The van der Waals surface area contributed by atoms with Crippen LogP contribution in [0.3, 0.4) is 0 Å². The van der Waals surface area contributed by atoms with Crippen molar-refractivity contribution < 1.29 is 9.90 Å². The van der Waals surface area contributed by atoms with Crippen LogP contribution in [0.1, 0.15) is 75.3 Å². The highest BCUT2D eigenvalue weighted by Gasteiger charge is 2.26. The molecule has 0 amide bonds. The summed E-state index contributed by atoms with van der Waals surface area (Å²) in [7, 11) is 0. The van der Waals surface area contributed by atoms with Crippen molar-refractivity contribution in [1.82, 2.24) is 9.13 Å². The third-order valence-electron chi connectivity index (χ3n) is 4.79. The lowest BCUT2D eigenvalue weighted by atomic mass is 9.87. The Bertz CT molecular complexity index is 666. The number of hydrogen-bond acceptors (Lipinski definition) is 3. The minimum absolute atomic E-state index is 0.139. The summed E-state index contributed by atoms with van der Waals surface area (Å²) in [6, 6.07) is -0.328. The summed E-state index contributed by atoms with van der Waals surface area (Å²) < 4.78 is 2.57. The molecule has 1 atom stereocenters. The Balaban J connectivity index is 2.61. The summed E-state index contributed by atoms with van der Waals surface area (Å²) in [5, 5.41) is 9.27. The number of aromatic nitrogens is 2. The van der Waals surface area contributed by atoms with Crippen molar-refractivity contribution in [3.05, 3.63) is 32.6 Å². The predicted molar refractivity (Wildman–Crippen MR) is 83.6 cm³/mol. The largest absolute Gasteiger partial charge is 0.477 e. The Morgan fingerprint density at radius 1 is 1.32 bits per heavy atom. The van der Waals surface area contributed by atoms with Crippen molar-refractivity contribution in [2.45, 2.75) is 65.0 Å². The molecule has 1 aliphatic rings. The Labute approximate surface area is 129 Å². The first-order valence-electron chi connectivity index (χ1n) is 7.97. The number of carboxylic acid groups (broad SMARTS) is 1. The van der Waals surface area contributed by atoms with E-state index in [1.54, 1.807) is 0 Å². The number of rotatable bonds is 4. The molecule has 1 heterocycles. The molecule has 0 bridgehead atoms. The quantitative estimate of drug-likeness (QED) is 0.926. The molecule has 1 aromatic rings. The van der Waals surface area contributed by atoms with Crippen molar-refractivity contribution in [1.29, 1.82) is 0 Å². The first-order valence-corrected chi connectivity index (χ1v) is 7.97. The molecule has 1 unspecified atom stereocenters. The van der Waals surface area contributed by atoms with Crippen molar-refractivity contribution in [2.24, 2.45) is 5.92 Å². The van der Waals surface area contributed by atoms with Gasteiger partial charge in [0, 0.05) is 18.3 Å². The third kappa shape index (κ3) is 3.00. The number of nitrogens with zero attached hydrogens (tertiary/aromatic N) is 2. The average molecular weight is 308 g/mol. The van der Waals surface area contributed by atoms with E-state index >= 15 is 0 Å². The molecule has 2 rings (SSSR count). The van der Waals surface area contributed by atoms with E-state index in [9.17, 15) is 19.5 Å². The standard InChI is InChI=1S/C16H24N2O4/c1-4-11(3)17-9-13(15(20)21)14(19)18(16(17)22)12-7-5-10(2)6-8-12/h9-12H,4-8H2,1-3H3,(H,20,21). The van der Waals surface area contributed by atoms with Crippen LogP contribution in [-0.2, 0) is 0 Å². The molecule has 1 aliphatic carbocycles. The molecule has 0 spiro atoms. The van der Waals surface area contributed by atoms with E-state index in [0.29, 0.717) is 12.3 Å². The van der Waals surface area contributed by atoms with E-state index in [-0.39, 0.29) is 23.3 Å². The van der Waals surface area contributed by atoms with Gasteiger partial charge in [0.2, 0.25) is 0 Å². The van der Waals surface area contributed by atoms with Gasteiger partial charge in [0.1, 0.15) is 5.56 Å². The summed E-state index contributed by atoms with van der Waals surface area (Å²) >= 11 is 0. The number of carbonyl (C=O) groups is 1. The van der Waals surface area contributed by atoms with Crippen molar-refractivity contribution in [3.8, 4) is 0 Å². The molecule has 122 valence electrons. The first kappa shape index (κ1) is 16.5. The molecule has 6 nitrogen and oxygen atoms in total. The molecule has 1 aromatic heterocycles. The van der Waals surface area contributed by atoms with Gasteiger partial charge in [0.05, 0.1) is 0 Å². The monoisotopic (exact) mass is 308 g/mol. The maximum absolute atomic E-state index is 12.7. The first-order chi connectivity index (χ1) is 10.4. The van der Waals surface area contributed by atoms with Gasteiger partial charge in [-0.15, -0.1) is 0 Å². The Kier molecular flexibility index (Phi) is 4.88. The van der Waals surface area contributed by atoms with Gasteiger partial charge in [-0.3, -0.25) is 13.9 Å². The normalized spacial score (nSPS) is 23.2. The zero-order valence-electron chi connectivity index (χ0n) is 13.4. The minimum Gasteiger partial charge on any atom is -0.477 e. The van der Waals surface area contributed by atoms with Crippen LogP contribution in [-0.4, -0.2) is 20.2 Å². The molecule has 0 aromatic carbocycles. The lowest BCUT2D eigenvalue weighted by Crippen LogP contribution is -2.45. The highest BCUT2D eigenvalue weighted by molar-refractivity contribution is 5.86. The molecule has 6 heteroatoms. The van der Waals surface area contributed by atoms with Crippen molar-refractivity contribution in [3.63, 3.8) is 0 Å². The molecule has 1 fully saturated rings. The summed E-state index contributed by atoms with van der Waals surface area (Å²) in [6.45, 7) is 5.93. The fourth-order valence-corrected chi connectivity index (χ4v) is 3.07. The molecule has 0 radical (unpaired) electrons. The second-order valence-electron chi connectivity index (χ2n) is 6.38. The van der Waals surface area contributed by atoms with E-state index in [4.69, 9.17) is 0 Å². The van der Waals surface area contributed by atoms with Crippen molar-refractivity contribution in [2.75, 3.05) is 0 Å². The Morgan fingerprint density at radius 2 is 1.91 bits per heavy atom. The average Bonchev–Trinajstić information content (AvgIpc) is 2.48. The van der Waals surface area contributed by atoms with Gasteiger partial charge in [-0.1, -0.05) is 13.8 Å². The van der Waals surface area contributed by atoms with Crippen LogP contribution in [0.25, 0.3) is 0 Å². The smallest absolute Gasteiger partial charge is 0.342 e. The topological polar surface area (TPSA) is 81.3 Å². The van der Waals surface area contributed by atoms with Crippen LogP contribution in [0.2, 0.25) is 0 Å². The van der Waals surface area contributed by atoms with E-state index < -0.39 is 11.5 Å². The number of aromatic carboxylic acids is 1. The van der Waals surface area contributed by atoms with Gasteiger partial charge in [0.15, 0.2) is 0 Å². The lowest BCUT2D eigenvalue weighted by Gasteiger charge is -2.28. The fourth-order valence-electron chi connectivity index (χ4n) is 3.07. The highest BCUT2D eigenvalue weighted by Crippen LogP contribution is 2.30. The van der Waals surface area contributed by atoms with Gasteiger partial charge in [0.25, 0.3) is 5.56 Å². The summed E-state index contributed by atoms with van der Waals surface area (Å²) in [4.78, 5) is 36.5. The van der Waals surface area contributed by atoms with Gasteiger partial charge >= 0.3 is 11.7 Å². The summed E-state index contributed by atoms with van der Waals surface area (Å²) in [5.41, 5.74) is -1.38. The summed E-state index contributed by atoms with van der Waals surface area (Å²) in [6.07, 6.45) is 5.30. The Morgan fingerprint density at radius 3 is 2.41 bits per heavy atom. The molecule has 0 saturated heterocycles. The van der Waals surface area contributed by atoms with Gasteiger partial charge in [-0.2, -0.15) is 0 Å². The Hall–Kier alpha value is -1.85. The van der Waals surface area contributed by atoms with Crippen LogP contribution in [0.5, 0.6) is 0 Å². The van der Waals surface area contributed by atoms with Gasteiger partial charge in [-0.05, 0) is 44.9 Å². The van der Waals surface area contributed by atoms with Crippen molar-refractivity contribution >= 4 is 5.97 Å². The van der Waals surface area contributed by atoms with E-state index in [2.05, 4.69) is 6.92 Å². The second-order valence-corrected chi connectivity index (χ2v) is 6.38. The maximum Gasteiger partial charge on any atom is 0.342 e. The summed E-state index contributed by atoms with van der Waals surface area (Å²) in [5.74, 6) is -0.689. The number of carboxylic acids is 1. The van der Waals surface area contributed by atoms with Crippen LogP contribution >= 0.6 is 0 Å². The van der Waals surface area contributed by atoms with Crippen LogP contribution in [0.4, 0.5) is 0 Å². The zero-order chi connectivity index (χ0) is 16.4. The molecule has 1 saturated carbocycles. The van der Waals surface area contributed by atoms with Crippen LogP contribution in [0.15, 0.2) is 15.8 Å². The fraction of sp³-hybridized carbons (Fsp3) is 0.688. The third-order valence-corrected chi connectivity index (χ3v) is 4.79. The molecule has 1 N–H and O–H groups in total. The predicted octanol–water partition coefficient (Wildman–Crippen LogP) is 2.43. The molecule has 22 heavy (non-hydrogen) atoms. The van der Waals surface area contributed by atoms with E-state index in [0.717, 1.165) is 25.7 Å². The molecular weight excluding hydrogens is 284 g/mol. The number of hydrogen-bond donors (Lipinski definition) is 1. The molecule has 0 aliphatic heterocycles.